The van der Waals surface area contributed by atoms with Gasteiger partial charge in [-0.1, -0.05) is 88.6 Å². The second kappa shape index (κ2) is 12.2. The van der Waals surface area contributed by atoms with Crippen LogP contribution in [-0.4, -0.2) is 43.0 Å². The fraction of sp³-hybridized carbons (Fsp3) is 0.682. The van der Waals surface area contributed by atoms with Crippen LogP contribution in [0.2, 0.25) is 0 Å². The molecule has 3 heteroatoms. The first-order valence-corrected chi connectivity index (χ1v) is 10.2. The van der Waals surface area contributed by atoms with E-state index in [1.54, 1.807) is 0 Å². The first kappa shape index (κ1) is 20.1. The SMILES string of the molecule is CCCCCCCCCC[C@@H](C(=O)c1ccccc1)N1CCOCC1. The van der Waals surface area contributed by atoms with E-state index in [1.807, 2.05) is 30.3 Å². The Morgan fingerprint density at radius 1 is 0.960 bits per heavy atom. The molecule has 0 unspecified atom stereocenters. The molecule has 1 fully saturated rings. The fourth-order valence-electron chi connectivity index (χ4n) is 3.64. The molecule has 0 bridgehead atoms. The van der Waals surface area contributed by atoms with Crippen LogP contribution >= 0.6 is 0 Å². The minimum Gasteiger partial charge on any atom is -0.379 e. The lowest BCUT2D eigenvalue weighted by molar-refractivity contribution is 0.0156. The molecule has 0 aliphatic carbocycles. The molecule has 1 heterocycles. The van der Waals surface area contributed by atoms with Crippen LogP contribution in [0.15, 0.2) is 30.3 Å². The number of unbranched alkanes of at least 4 members (excludes halogenated alkanes) is 7. The Morgan fingerprint density at radius 3 is 2.20 bits per heavy atom. The van der Waals surface area contributed by atoms with Crippen LogP contribution in [-0.2, 0) is 4.74 Å². The molecule has 140 valence electrons. The molecule has 1 aromatic carbocycles. The molecule has 1 saturated heterocycles. The molecule has 0 N–H and O–H groups in total. The quantitative estimate of drug-likeness (QED) is 0.390. The number of carbonyl (C=O) groups excluding carboxylic acids is 1. The van der Waals surface area contributed by atoms with E-state index in [0.29, 0.717) is 0 Å². The summed E-state index contributed by atoms with van der Waals surface area (Å²) < 4.78 is 5.47. The Kier molecular flexibility index (Phi) is 9.83. The van der Waals surface area contributed by atoms with Gasteiger partial charge in [-0.2, -0.15) is 0 Å². The Labute approximate surface area is 153 Å². The van der Waals surface area contributed by atoms with Crippen molar-refractivity contribution in [1.29, 1.82) is 0 Å². The average Bonchev–Trinajstić information content (AvgIpc) is 2.68. The van der Waals surface area contributed by atoms with E-state index in [0.717, 1.165) is 44.7 Å². The van der Waals surface area contributed by atoms with Gasteiger partial charge in [-0.25, -0.2) is 0 Å². The van der Waals surface area contributed by atoms with Crippen LogP contribution in [0.3, 0.4) is 0 Å². The zero-order valence-electron chi connectivity index (χ0n) is 15.9. The van der Waals surface area contributed by atoms with Gasteiger partial charge in [-0.15, -0.1) is 0 Å². The van der Waals surface area contributed by atoms with Gasteiger partial charge in [0.2, 0.25) is 0 Å². The average molecular weight is 346 g/mol. The Bertz CT molecular complexity index is 468. The third-order valence-electron chi connectivity index (χ3n) is 5.18. The summed E-state index contributed by atoms with van der Waals surface area (Å²) in [6.45, 7) is 5.50. The lowest BCUT2D eigenvalue weighted by atomic mass is 9.96. The lowest BCUT2D eigenvalue weighted by Crippen LogP contribution is -2.47. The van der Waals surface area contributed by atoms with Crippen LogP contribution in [0.5, 0.6) is 0 Å². The molecule has 0 radical (unpaired) electrons. The van der Waals surface area contributed by atoms with Crippen molar-refractivity contribution in [2.75, 3.05) is 26.3 Å². The molecule has 0 spiro atoms. The number of rotatable bonds is 12. The molecule has 0 aromatic heterocycles. The molecule has 1 aromatic rings. The minimum absolute atomic E-state index is 0.0198. The van der Waals surface area contributed by atoms with Crippen LogP contribution in [0.1, 0.15) is 75.1 Å². The van der Waals surface area contributed by atoms with Crippen LogP contribution < -0.4 is 0 Å². The number of carbonyl (C=O) groups is 1. The van der Waals surface area contributed by atoms with Crippen molar-refractivity contribution in [2.24, 2.45) is 0 Å². The highest BCUT2D eigenvalue weighted by molar-refractivity contribution is 6.00. The zero-order chi connectivity index (χ0) is 17.7. The Hall–Kier alpha value is -1.19. The van der Waals surface area contributed by atoms with E-state index in [9.17, 15) is 4.79 Å². The van der Waals surface area contributed by atoms with Crippen LogP contribution in [0.4, 0.5) is 0 Å². The van der Waals surface area contributed by atoms with E-state index >= 15 is 0 Å². The molecule has 0 amide bonds. The van der Waals surface area contributed by atoms with Crippen molar-refractivity contribution in [2.45, 2.75) is 70.8 Å². The molecule has 2 rings (SSSR count). The highest BCUT2D eigenvalue weighted by Gasteiger charge is 2.27. The predicted octanol–water partition coefficient (Wildman–Crippen LogP) is 5.10. The number of hydrogen-bond donors (Lipinski definition) is 0. The first-order valence-electron chi connectivity index (χ1n) is 10.2. The summed E-state index contributed by atoms with van der Waals surface area (Å²) in [4.78, 5) is 15.3. The highest BCUT2D eigenvalue weighted by Crippen LogP contribution is 2.18. The molecule has 1 aliphatic rings. The van der Waals surface area contributed by atoms with Gasteiger partial charge in [0.15, 0.2) is 5.78 Å². The maximum Gasteiger partial charge on any atom is 0.179 e. The van der Waals surface area contributed by atoms with Gasteiger partial charge in [0, 0.05) is 18.7 Å². The number of Topliss-reactive ketones (excluding diaryl/α,β-unsaturated/α-hetero) is 1. The number of morpholine rings is 1. The van der Waals surface area contributed by atoms with Gasteiger partial charge in [0.05, 0.1) is 19.3 Å². The molecular weight excluding hydrogens is 310 g/mol. The molecule has 25 heavy (non-hydrogen) atoms. The molecular formula is C22H35NO2. The van der Waals surface area contributed by atoms with Gasteiger partial charge in [0.25, 0.3) is 0 Å². The standard InChI is InChI=1S/C22H35NO2/c1-2-3-4-5-6-7-8-12-15-21(23-16-18-25-19-17-23)22(24)20-13-10-9-11-14-20/h9-11,13-14,21H,2-8,12,15-19H2,1H3/t21-/m0/s1. The third kappa shape index (κ3) is 7.29. The highest BCUT2D eigenvalue weighted by atomic mass is 16.5. The number of ketones is 1. The van der Waals surface area contributed by atoms with Crippen LogP contribution in [0.25, 0.3) is 0 Å². The first-order chi connectivity index (χ1) is 12.3. The maximum absolute atomic E-state index is 13.0. The zero-order valence-corrected chi connectivity index (χ0v) is 15.9. The van der Waals surface area contributed by atoms with Gasteiger partial charge < -0.3 is 4.74 Å². The normalized spacial score (nSPS) is 16.7. The summed E-state index contributed by atoms with van der Waals surface area (Å²) in [5, 5.41) is 0. The number of benzene rings is 1. The molecule has 3 nitrogen and oxygen atoms in total. The largest absolute Gasteiger partial charge is 0.379 e. The molecule has 0 saturated carbocycles. The van der Waals surface area contributed by atoms with Crippen molar-refractivity contribution < 1.29 is 9.53 Å². The van der Waals surface area contributed by atoms with Crippen LogP contribution in [0, 0.1) is 0 Å². The number of hydrogen-bond acceptors (Lipinski definition) is 3. The summed E-state index contributed by atoms with van der Waals surface area (Å²) in [6.07, 6.45) is 11.4. The van der Waals surface area contributed by atoms with Crippen molar-refractivity contribution in [3.05, 3.63) is 35.9 Å². The fourth-order valence-corrected chi connectivity index (χ4v) is 3.64. The Morgan fingerprint density at radius 2 is 1.56 bits per heavy atom. The van der Waals surface area contributed by atoms with E-state index < -0.39 is 0 Å². The second-order valence-electron chi connectivity index (χ2n) is 7.16. The predicted molar refractivity (Wildman–Crippen MR) is 104 cm³/mol. The van der Waals surface area contributed by atoms with Gasteiger partial charge >= 0.3 is 0 Å². The monoisotopic (exact) mass is 345 g/mol. The number of ether oxygens (including phenoxy) is 1. The summed E-state index contributed by atoms with van der Waals surface area (Å²) in [6, 6.07) is 9.80. The van der Waals surface area contributed by atoms with Crippen molar-refractivity contribution in [1.82, 2.24) is 4.90 Å². The van der Waals surface area contributed by atoms with E-state index in [2.05, 4.69) is 11.8 Å². The van der Waals surface area contributed by atoms with E-state index in [-0.39, 0.29) is 11.8 Å². The summed E-state index contributed by atoms with van der Waals surface area (Å²) in [7, 11) is 0. The third-order valence-corrected chi connectivity index (χ3v) is 5.18. The summed E-state index contributed by atoms with van der Waals surface area (Å²) >= 11 is 0. The topological polar surface area (TPSA) is 29.5 Å². The van der Waals surface area contributed by atoms with Gasteiger partial charge in [0.1, 0.15) is 0 Å². The van der Waals surface area contributed by atoms with E-state index in [4.69, 9.17) is 4.74 Å². The summed E-state index contributed by atoms with van der Waals surface area (Å²) in [5.41, 5.74) is 0.846. The smallest absolute Gasteiger partial charge is 0.179 e. The van der Waals surface area contributed by atoms with Gasteiger partial charge in [-0.3, -0.25) is 9.69 Å². The maximum atomic E-state index is 13.0. The second-order valence-corrected chi connectivity index (χ2v) is 7.16. The summed E-state index contributed by atoms with van der Waals surface area (Å²) in [5.74, 6) is 0.283. The molecule has 1 aliphatic heterocycles. The Balaban J connectivity index is 1.80. The van der Waals surface area contributed by atoms with Crippen molar-refractivity contribution >= 4 is 5.78 Å². The van der Waals surface area contributed by atoms with E-state index in [1.165, 1.54) is 44.9 Å². The molecule has 1 atom stereocenters. The lowest BCUT2D eigenvalue weighted by Gasteiger charge is -2.33. The van der Waals surface area contributed by atoms with Crippen molar-refractivity contribution in [3.63, 3.8) is 0 Å². The van der Waals surface area contributed by atoms with Crippen molar-refractivity contribution in [3.8, 4) is 0 Å². The number of nitrogens with zero attached hydrogens (tertiary/aromatic N) is 1. The van der Waals surface area contributed by atoms with Gasteiger partial charge in [-0.05, 0) is 6.42 Å². The minimum atomic E-state index is 0.0198.